The number of carbonyl (C=O) groups is 1. The highest BCUT2D eigenvalue weighted by Crippen LogP contribution is 2.38. The maximum atomic E-state index is 12.3. The fraction of sp³-hybridized carbons (Fsp3) is 0.375. The Morgan fingerprint density at radius 2 is 2.20 bits per heavy atom. The van der Waals surface area contributed by atoms with Crippen LogP contribution in [0, 0.1) is 0 Å². The smallest absolute Gasteiger partial charge is 0.419 e. The molecule has 0 aliphatic heterocycles. The number of esters is 1. The first-order valence-electron chi connectivity index (χ1n) is 3.99. The van der Waals surface area contributed by atoms with Gasteiger partial charge in [-0.2, -0.15) is 13.2 Å². The summed E-state index contributed by atoms with van der Waals surface area (Å²) in [5.41, 5.74) is 3.66. The summed E-state index contributed by atoms with van der Waals surface area (Å²) >= 11 is 0.632. The van der Waals surface area contributed by atoms with Crippen LogP contribution in [0.3, 0.4) is 0 Å². The Balaban J connectivity index is 3.04. The summed E-state index contributed by atoms with van der Waals surface area (Å²) in [7, 11) is 0. The van der Waals surface area contributed by atoms with Gasteiger partial charge in [-0.1, -0.05) is 0 Å². The SMILES string of the molecule is CCOC(=O)c1scc(C(F)(F)F)c1N. The topological polar surface area (TPSA) is 52.3 Å². The maximum Gasteiger partial charge on any atom is 0.419 e. The fourth-order valence-corrected chi connectivity index (χ4v) is 1.83. The number of nitrogens with two attached hydrogens (primary N) is 1. The highest BCUT2D eigenvalue weighted by molar-refractivity contribution is 7.12. The normalized spacial score (nSPS) is 11.5. The van der Waals surface area contributed by atoms with Crippen LogP contribution in [0.4, 0.5) is 18.9 Å². The van der Waals surface area contributed by atoms with Gasteiger partial charge in [-0.25, -0.2) is 4.79 Å². The van der Waals surface area contributed by atoms with Crippen molar-refractivity contribution in [1.29, 1.82) is 0 Å². The summed E-state index contributed by atoms with van der Waals surface area (Å²) < 4.78 is 41.4. The van der Waals surface area contributed by atoms with Crippen molar-refractivity contribution in [2.24, 2.45) is 0 Å². The molecule has 0 aliphatic rings. The first-order chi connectivity index (χ1) is 6.88. The lowest BCUT2D eigenvalue weighted by atomic mass is 10.2. The second-order valence-corrected chi connectivity index (χ2v) is 3.49. The van der Waals surface area contributed by atoms with Crippen molar-refractivity contribution in [3.05, 3.63) is 15.8 Å². The van der Waals surface area contributed by atoms with E-state index in [1.165, 1.54) is 0 Å². The molecule has 3 nitrogen and oxygen atoms in total. The van der Waals surface area contributed by atoms with E-state index in [0.717, 1.165) is 5.38 Å². The van der Waals surface area contributed by atoms with Crippen LogP contribution in [-0.4, -0.2) is 12.6 Å². The zero-order valence-electron chi connectivity index (χ0n) is 7.72. The minimum atomic E-state index is -4.54. The maximum absolute atomic E-state index is 12.3. The first-order valence-corrected chi connectivity index (χ1v) is 4.87. The van der Waals surface area contributed by atoms with Gasteiger partial charge in [-0.3, -0.25) is 0 Å². The van der Waals surface area contributed by atoms with Crippen molar-refractivity contribution in [2.75, 3.05) is 12.3 Å². The zero-order chi connectivity index (χ0) is 11.6. The number of ether oxygens (including phenoxy) is 1. The van der Waals surface area contributed by atoms with E-state index in [1.54, 1.807) is 6.92 Å². The molecular weight excluding hydrogens is 231 g/mol. The molecule has 1 aromatic heterocycles. The zero-order valence-corrected chi connectivity index (χ0v) is 8.54. The molecule has 0 amide bonds. The lowest BCUT2D eigenvalue weighted by Crippen LogP contribution is -2.10. The molecule has 0 aliphatic carbocycles. The molecule has 1 heterocycles. The van der Waals surface area contributed by atoms with Gasteiger partial charge >= 0.3 is 12.1 Å². The summed E-state index contributed by atoms with van der Waals surface area (Å²) in [5, 5.41) is 0.807. The van der Waals surface area contributed by atoms with E-state index in [2.05, 4.69) is 4.74 Å². The number of thiophene rings is 1. The van der Waals surface area contributed by atoms with Gasteiger partial charge in [0.1, 0.15) is 4.88 Å². The molecule has 2 N–H and O–H groups in total. The van der Waals surface area contributed by atoms with Crippen molar-refractivity contribution in [1.82, 2.24) is 0 Å². The summed E-state index contributed by atoms with van der Waals surface area (Å²) in [4.78, 5) is 10.9. The van der Waals surface area contributed by atoms with Gasteiger partial charge in [-0.05, 0) is 6.92 Å². The molecule has 0 fully saturated rings. The molecule has 0 aromatic carbocycles. The molecule has 0 bridgehead atoms. The predicted molar refractivity (Wildman–Crippen MR) is 49.7 cm³/mol. The van der Waals surface area contributed by atoms with E-state index in [4.69, 9.17) is 5.73 Å². The molecule has 0 unspecified atom stereocenters. The Morgan fingerprint density at radius 3 is 2.60 bits per heavy atom. The lowest BCUT2D eigenvalue weighted by Gasteiger charge is -2.05. The van der Waals surface area contributed by atoms with Crippen molar-refractivity contribution >= 4 is 23.0 Å². The molecule has 0 atom stereocenters. The summed E-state index contributed by atoms with van der Waals surface area (Å²) in [6, 6.07) is 0. The van der Waals surface area contributed by atoms with Gasteiger partial charge < -0.3 is 10.5 Å². The monoisotopic (exact) mass is 239 g/mol. The molecule has 0 radical (unpaired) electrons. The quantitative estimate of drug-likeness (QED) is 0.807. The van der Waals surface area contributed by atoms with Gasteiger partial charge in [0.15, 0.2) is 0 Å². The van der Waals surface area contributed by atoms with Gasteiger partial charge in [0.25, 0.3) is 0 Å². The van der Waals surface area contributed by atoms with E-state index in [1.807, 2.05) is 0 Å². The Hall–Kier alpha value is -1.24. The van der Waals surface area contributed by atoms with Crippen LogP contribution < -0.4 is 5.73 Å². The lowest BCUT2D eigenvalue weighted by molar-refractivity contribution is -0.136. The van der Waals surface area contributed by atoms with Gasteiger partial charge in [0, 0.05) is 5.38 Å². The van der Waals surface area contributed by atoms with E-state index in [0.29, 0.717) is 11.3 Å². The van der Waals surface area contributed by atoms with E-state index in [9.17, 15) is 18.0 Å². The third-order valence-corrected chi connectivity index (χ3v) is 2.57. The first kappa shape index (κ1) is 11.8. The Kier molecular flexibility index (Phi) is 3.23. The van der Waals surface area contributed by atoms with E-state index >= 15 is 0 Å². The largest absolute Gasteiger partial charge is 0.462 e. The van der Waals surface area contributed by atoms with Crippen LogP contribution in [0.15, 0.2) is 5.38 Å². The molecule has 7 heteroatoms. The van der Waals surface area contributed by atoms with E-state index < -0.39 is 23.4 Å². The number of hydrogen-bond acceptors (Lipinski definition) is 4. The molecule has 15 heavy (non-hydrogen) atoms. The number of hydrogen-bond donors (Lipinski definition) is 1. The highest BCUT2D eigenvalue weighted by Gasteiger charge is 2.36. The van der Waals surface area contributed by atoms with Crippen LogP contribution in [-0.2, 0) is 10.9 Å². The van der Waals surface area contributed by atoms with E-state index in [-0.39, 0.29) is 11.5 Å². The molecule has 0 saturated carbocycles. The minimum Gasteiger partial charge on any atom is -0.462 e. The standard InChI is InChI=1S/C8H8F3NO2S/c1-2-14-7(13)6-5(12)4(3-15-6)8(9,10)11/h3H,2,12H2,1H3. The number of nitrogen functional groups attached to an aromatic ring is 1. The third-order valence-electron chi connectivity index (χ3n) is 1.60. The Bertz CT molecular complexity index is 372. The Labute approximate surface area is 87.6 Å². The molecular formula is C8H8F3NO2S. The van der Waals surface area contributed by atoms with Crippen molar-refractivity contribution in [3.63, 3.8) is 0 Å². The molecule has 1 aromatic rings. The average molecular weight is 239 g/mol. The number of anilines is 1. The molecule has 0 spiro atoms. The van der Waals surface area contributed by atoms with Gasteiger partial charge in [0.2, 0.25) is 0 Å². The molecule has 84 valence electrons. The van der Waals surface area contributed by atoms with Crippen LogP contribution in [0.1, 0.15) is 22.2 Å². The molecule has 0 saturated heterocycles. The summed E-state index contributed by atoms with van der Waals surface area (Å²) in [6.07, 6.45) is -4.54. The predicted octanol–water partition coefficient (Wildman–Crippen LogP) is 2.53. The van der Waals surface area contributed by atoms with Crippen molar-refractivity contribution < 1.29 is 22.7 Å². The number of alkyl halides is 3. The van der Waals surface area contributed by atoms with Crippen LogP contribution >= 0.6 is 11.3 Å². The summed E-state index contributed by atoms with van der Waals surface area (Å²) in [6.45, 7) is 1.66. The second kappa shape index (κ2) is 4.09. The molecule has 1 rings (SSSR count). The van der Waals surface area contributed by atoms with Crippen molar-refractivity contribution in [2.45, 2.75) is 13.1 Å². The number of carbonyl (C=O) groups excluding carboxylic acids is 1. The van der Waals surface area contributed by atoms with Crippen LogP contribution in [0.2, 0.25) is 0 Å². The summed E-state index contributed by atoms with van der Waals surface area (Å²) in [5.74, 6) is -0.824. The van der Waals surface area contributed by atoms with Gasteiger partial charge in [-0.15, -0.1) is 11.3 Å². The Morgan fingerprint density at radius 1 is 1.60 bits per heavy atom. The fourth-order valence-electron chi connectivity index (χ4n) is 0.941. The minimum absolute atomic E-state index is 0.0948. The van der Waals surface area contributed by atoms with Crippen LogP contribution in [0.5, 0.6) is 0 Å². The average Bonchev–Trinajstić information content (AvgIpc) is 2.46. The number of halogens is 3. The van der Waals surface area contributed by atoms with Gasteiger partial charge in [0.05, 0.1) is 17.9 Å². The third kappa shape index (κ3) is 2.41. The van der Waals surface area contributed by atoms with Crippen molar-refractivity contribution in [3.8, 4) is 0 Å². The second-order valence-electron chi connectivity index (χ2n) is 2.61. The number of rotatable bonds is 2. The highest BCUT2D eigenvalue weighted by atomic mass is 32.1. The van der Waals surface area contributed by atoms with Crippen LogP contribution in [0.25, 0.3) is 0 Å².